The van der Waals surface area contributed by atoms with E-state index in [0.29, 0.717) is 18.6 Å². The standard InChI is InChI=1S/C13H12N6O/c14-3-1-4-19-7-10(6-17-19)12-11-2-5-18(9-20)13(11)16-8-15-12/h2,5-8,20H,1,4,9H2. The number of aryl methyl sites for hydroxylation is 1. The van der Waals surface area contributed by atoms with Crippen LogP contribution < -0.4 is 0 Å². The summed E-state index contributed by atoms with van der Waals surface area (Å²) in [6.45, 7) is 0.434. The van der Waals surface area contributed by atoms with E-state index in [-0.39, 0.29) is 6.73 Å². The van der Waals surface area contributed by atoms with Crippen molar-refractivity contribution in [1.82, 2.24) is 24.3 Å². The van der Waals surface area contributed by atoms with Crippen molar-refractivity contribution in [3.05, 3.63) is 31.0 Å². The summed E-state index contributed by atoms with van der Waals surface area (Å²) in [6.07, 6.45) is 7.23. The highest BCUT2D eigenvalue weighted by molar-refractivity contribution is 5.90. The van der Waals surface area contributed by atoms with E-state index in [1.165, 1.54) is 6.33 Å². The van der Waals surface area contributed by atoms with Crippen LogP contribution >= 0.6 is 0 Å². The quantitative estimate of drug-likeness (QED) is 0.766. The average molecular weight is 268 g/mol. The number of aliphatic hydroxyl groups is 1. The predicted octanol–water partition coefficient (Wildman–Crippen LogP) is 1.16. The van der Waals surface area contributed by atoms with Crippen molar-refractivity contribution >= 4 is 11.0 Å². The first kappa shape index (κ1) is 12.3. The number of aliphatic hydroxyl groups excluding tert-OH is 1. The SMILES string of the molecule is N#CCCn1cc(-c2ncnc3c2ccn3CO)cn1. The van der Waals surface area contributed by atoms with E-state index in [0.717, 1.165) is 16.6 Å². The third kappa shape index (κ3) is 2.02. The largest absolute Gasteiger partial charge is 0.376 e. The van der Waals surface area contributed by atoms with Crippen molar-refractivity contribution in [3.8, 4) is 17.3 Å². The number of rotatable bonds is 4. The summed E-state index contributed by atoms with van der Waals surface area (Å²) in [6, 6.07) is 3.96. The summed E-state index contributed by atoms with van der Waals surface area (Å²) in [4.78, 5) is 8.47. The van der Waals surface area contributed by atoms with Gasteiger partial charge in [-0.25, -0.2) is 9.97 Å². The number of fused-ring (bicyclic) bond motifs is 1. The van der Waals surface area contributed by atoms with E-state index in [1.54, 1.807) is 21.6 Å². The molecule has 7 nitrogen and oxygen atoms in total. The average Bonchev–Trinajstić information content (AvgIpc) is 3.11. The molecule has 0 aromatic carbocycles. The molecule has 0 radical (unpaired) electrons. The van der Waals surface area contributed by atoms with Crippen LogP contribution in [0.2, 0.25) is 0 Å². The van der Waals surface area contributed by atoms with Gasteiger partial charge in [-0.1, -0.05) is 0 Å². The second-order valence-corrected chi connectivity index (χ2v) is 4.29. The molecule has 0 unspecified atom stereocenters. The van der Waals surface area contributed by atoms with Gasteiger partial charge >= 0.3 is 0 Å². The molecule has 0 aliphatic rings. The fourth-order valence-electron chi connectivity index (χ4n) is 2.12. The molecule has 7 heteroatoms. The zero-order valence-electron chi connectivity index (χ0n) is 10.6. The lowest BCUT2D eigenvalue weighted by Gasteiger charge is -2.01. The van der Waals surface area contributed by atoms with E-state index in [4.69, 9.17) is 5.26 Å². The fourth-order valence-corrected chi connectivity index (χ4v) is 2.12. The van der Waals surface area contributed by atoms with E-state index >= 15 is 0 Å². The number of nitriles is 1. The maximum atomic E-state index is 9.24. The molecule has 0 fully saturated rings. The van der Waals surface area contributed by atoms with E-state index in [2.05, 4.69) is 21.1 Å². The fraction of sp³-hybridized carbons (Fsp3) is 0.231. The molecule has 0 saturated carbocycles. The van der Waals surface area contributed by atoms with Crippen LogP contribution in [0.15, 0.2) is 31.0 Å². The van der Waals surface area contributed by atoms with Crippen molar-refractivity contribution < 1.29 is 5.11 Å². The van der Waals surface area contributed by atoms with Gasteiger partial charge in [0.25, 0.3) is 0 Å². The Labute approximate surface area is 114 Å². The highest BCUT2D eigenvalue weighted by Crippen LogP contribution is 2.25. The van der Waals surface area contributed by atoms with Crippen LogP contribution in [0.3, 0.4) is 0 Å². The Morgan fingerprint density at radius 1 is 1.35 bits per heavy atom. The van der Waals surface area contributed by atoms with Crippen molar-refractivity contribution in [2.45, 2.75) is 19.7 Å². The van der Waals surface area contributed by atoms with Gasteiger partial charge in [-0.05, 0) is 6.07 Å². The third-order valence-electron chi connectivity index (χ3n) is 3.07. The van der Waals surface area contributed by atoms with Crippen LogP contribution in [0.1, 0.15) is 6.42 Å². The monoisotopic (exact) mass is 268 g/mol. The minimum atomic E-state index is -0.124. The van der Waals surface area contributed by atoms with Gasteiger partial charge in [0.1, 0.15) is 18.7 Å². The van der Waals surface area contributed by atoms with Crippen molar-refractivity contribution in [2.24, 2.45) is 0 Å². The smallest absolute Gasteiger partial charge is 0.145 e. The van der Waals surface area contributed by atoms with E-state index < -0.39 is 0 Å². The lowest BCUT2D eigenvalue weighted by molar-refractivity contribution is 0.215. The molecule has 20 heavy (non-hydrogen) atoms. The Morgan fingerprint density at radius 3 is 3.05 bits per heavy atom. The molecule has 0 bridgehead atoms. The molecule has 100 valence electrons. The maximum Gasteiger partial charge on any atom is 0.145 e. The van der Waals surface area contributed by atoms with Crippen LogP contribution in [-0.4, -0.2) is 29.4 Å². The Kier molecular flexibility index (Phi) is 3.15. The van der Waals surface area contributed by atoms with Crippen LogP contribution in [0.25, 0.3) is 22.3 Å². The first-order chi connectivity index (χ1) is 9.83. The molecule has 3 aromatic heterocycles. The van der Waals surface area contributed by atoms with Crippen molar-refractivity contribution in [3.63, 3.8) is 0 Å². The summed E-state index contributed by atoms with van der Waals surface area (Å²) in [5.41, 5.74) is 2.32. The van der Waals surface area contributed by atoms with Crippen LogP contribution in [0, 0.1) is 11.3 Å². The van der Waals surface area contributed by atoms with Crippen molar-refractivity contribution in [2.75, 3.05) is 0 Å². The molecule has 0 atom stereocenters. The van der Waals surface area contributed by atoms with Crippen LogP contribution in [0.5, 0.6) is 0 Å². The predicted molar refractivity (Wildman–Crippen MR) is 71.2 cm³/mol. The number of hydrogen-bond donors (Lipinski definition) is 1. The summed E-state index contributed by atoms with van der Waals surface area (Å²) in [7, 11) is 0. The summed E-state index contributed by atoms with van der Waals surface area (Å²) in [5.74, 6) is 0. The third-order valence-corrected chi connectivity index (χ3v) is 3.07. The number of hydrogen-bond acceptors (Lipinski definition) is 5. The van der Waals surface area contributed by atoms with Gasteiger partial charge in [0.2, 0.25) is 0 Å². The minimum absolute atomic E-state index is 0.124. The molecule has 0 saturated heterocycles. The second-order valence-electron chi connectivity index (χ2n) is 4.29. The molecular weight excluding hydrogens is 256 g/mol. The first-order valence-corrected chi connectivity index (χ1v) is 6.14. The molecule has 0 amide bonds. The highest BCUT2D eigenvalue weighted by atomic mass is 16.3. The highest BCUT2D eigenvalue weighted by Gasteiger charge is 2.11. The van der Waals surface area contributed by atoms with Crippen LogP contribution in [0.4, 0.5) is 0 Å². The molecule has 3 aromatic rings. The summed E-state index contributed by atoms with van der Waals surface area (Å²) >= 11 is 0. The van der Waals surface area contributed by atoms with Gasteiger partial charge in [0.15, 0.2) is 0 Å². The first-order valence-electron chi connectivity index (χ1n) is 6.14. The molecule has 0 spiro atoms. The second kappa shape index (κ2) is 5.11. The Balaban J connectivity index is 2.04. The zero-order valence-corrected chi connectivity index (χ0v) is 10.6. The van der Waals surface area contributed by atoms with Gasteiger partial charge in [0.05, 0.1) is 30.9 Å². The van der Waals surface area contributed by atoms with E-state index in [9.17, 15) is 5.11 Å². The van der Waals surface area contributed by atoms with Gasteiger partial charge in [-0.15, -0.1) is 0 Å². The molecule has 3 heterocycles. The minimum Gasteiger partial charge on any atom is -0.376 e. The maximum absolute atomic E-state index is 9.24. The lowest BCUT2D eigenvalue weighted by Crippen LogP contribution is -1.97. The van der Waals surface area contributed by atoms with E-state index in [1.807, 2.05) is 12.3 Å². The van der Waals surface area contributed by atoms with Gasteiger partial charge < -0.3 is 9.67 Å². The van der Waals surface area contributed by atoms with Gasteiger partial charge in [-0.2, -0.15) is 10.4 Å². The van der Waals surface area contributed by atoms with Gasteiger partial charge in [-0.3, -0.25) is 4.68 Å². The van der Waals surface area contributed by atoms with Crippen LogP contribution in [-0.2, 0) is 13.3 Å². The molecule has 1 N–H and O–H groups in total. The lowest BCUT2D eigenvalue weighted by atomic mass is 10.2. The van der Waals surface area contributed by atoms with Crippen molar-refractivity contribution in [1.29, 1.82) is 5.26 Å². The Bertz CT molecular complexity index is 782. The molecular formula is C13H12N6O. The number of nitrogens with zero attached hydrogens (tertiary/aromatic N) is 6. The normalized spacial score (nSPS) is 10.8. The van der Waals surface area contributed by atoms with Gasteiger partial charge in [0, 0.05) is 23.3 Å². The number of aromatic nitrogens is 5. The molecule has 0 aliphatic carbocycles. The zero-order chi connectivity index (χ0) is 13.9. The Morgan fingerprint density at radius 2 is 2.25 bits per heavy atom. The Hall–Kier alpha value is -2.72. The molecule has 0 aliphatic heterocycles. The summed E-state index contributed by atoms with van der Waals surface area (Å²) < 4.78 is 3.36. The molecule has 3 rings (SSSR count). The summed E-state index contributed by atoms with van der Waals surface area (Å²) in [5, 5.41) is 22.9. The topological polar surface area (TPSA) is 92.5 Å².